The highest BCUT2D eigenvalue weighted by Gasteiger charge is 2.28. The van der Waals surface area contributed by atoms with Gasteiger partial charge in [0.25, 0.3) is 0 Å². The van der Waals surface area contributed by atoms with Gasteiger partial charge in [0.1, 0.15) is 0 Å². The van der Waals surface area contributed by atoms with Gasteiger partial charge < -0.3 is 15.7 Å². The summed E-state index contributed by atoms with van der Waals surface area (Å²) in [7, 11) is 0. The van der Waals surface area contributed by atoms with E-state index < -0.39 is 0 Å². The zero-order valence-corrected chi connectivity index (χ0v) is 23.4. The van der Waals surface area contributed by atoms with Crippen LogP contribution in [0.5, 0.6) is 5.75 Å². The molecule has 1 aromatic carbocycles. The Balaban J connectivity index is 0.000000714. The van der Waals surface area contributed by atoms with E-state index in [0.717, 1.165) is 52.5 Å². The molecule has 1 aliphatic carbocycles. The fourth-order valence-electron chi connectivity index (χ4n) is 4.15. The number of pyridine rings is 1. The molecule has 4 rings (SSSR count). The summed E-state index contributed by atoms with van der Waals surface area (Å²) < 4.78 is 1.61. The monoisotopic (exact) mass is 595 g/mol. The van der Waals surface area contributed by atoms with E-state index in [1.807, 2.05) is 29.7 Å². The van der Waals surface area contributed by atoms with E-state index in [4.69, 9.17) is 10.7 Å². The van der Waals surface area contributed by atoms with E-state index in [9.17, 15) is 9.90 Å². The minimum Gasteiger partial charge on any atom is -0.505 e. The van der Waals surface area contributed by atoms with Crippen molar-refractivity contribution < 1.29 is 9.90 Å². The number of thioether (sulfide) groups is 1. The summed E-state index contributed by atoms with van der Waals surface area (Å²) in [6.07, 6.45) is 9.14. The molecule has 0 saturated carbocycles. The second kappa shape index (κ2) is 12.6. The second-order valence-corrected chi connectivity index (χ2v) is 10.2. The van der Waals surface area contributed by atoms with Crippen LogP contribution in [0.15, 0.2) is 46.0 Å². The number of rotatable bonds is 0. The molecule has 5 nitrogen and oxygen atoms in total. The lowest BCUT2D eigenvalue weighted by molar-refractivity contribution is -0.129. The Kier molecular flexibility index (Phi) is 10.5. The number of aromatic nitrogens is 1. The Bertz CT molecular complexity index is 1050. The van der Waals surface area contributed by atoms with Crippen LogP contribution < -0.4 is 5.73 Å². The molecule has 0 unspecified atom stereocenters. The summed E-state index contributed by atoms with van der Waals surface area (Å²) in [5, 5.41) is 10.4. The van der Waals surface area contributed by atoms with Gasteiger partial charge in [0.2, 0.25) is 5.91 Å². The quantitative estimate of drug-likeness (QED) is 0.214. The lowest BCUT2D eigenvalue weighted by Crippen LogP contribution is -2.34. The van der Waals surface area contributed by atoms with Gasteiger partial charge in [-0.1, -0.05) is 5.57 Å². The molecule has 1 amide bonds. The van der Waals surface area contributed by atoms with Crippen molar-refractivity contribution in [3.05, 3.63) is 68.4 Å². The van der Waals surface area contributed by atoms with Crippen LogP contribution >= 0.6 is 43.6 Å². The van der Waals surface area contributed by atoms with E-state index in [1.165, 1.54) is 11.1 Å². The number of benzene rings is 1. The standard InChI is InChI=1S/C21H21Br2N3O2.C2H6S.C2H4/c1-11(27)26-6-4-12(5-7-26)18-16-9-17(24)21(28)19(23)15(16)3-2-13-8-14(22)10-25-20(13)18;1-3-2;1-2/h8-10,28H,2-7,24H2,1H3;1-2H3;1-2H2. The molecule has 2 heterocycles. The van der Waals surface area contributed by atoms with Crippen LogP contribution in [0.4, 0.5) is 5.69 Å². The van der Waals surface area contributed by atoms with E-state index in [-0.39, 0.29) is 11.7 Å². The summed E-state index contributed by atoms with van der Waals surface area (Å²) in [6, 6.07) is 3.99. The van der Waals surface area contributed by atoms with E-state index >= 15 is 0 Å². The van der Waals surface area contributed by atoms with Crippen LogP contribution in [0.25, 0.3) is 5.57 Å². The number of phenolic OH excluding ortho intramolecular Hbond substituents is 1. The number of hydrogen-bond acceptors (Lipinski definition) is 5. The number of nitrogens with two attached hydrogens (primary N) is 1. The van der Waals surface area contributed by atoms with Crippen molar-refractivity contribution in [1.82, 2.24) is 9.88 Å². The first-order valence-corrected chi connectivity index (χ1v) is 13.8. The van der Waals surface area contributed by atoms with Crippen molar-refractivity contribution in [1.29, 1.82) is 0 Å². The summed E-state index contributed by atoms with van der Waals surface area (Å²) in [4.78, 5) is 18.4. The van der Waals surface area contributed by atoms with Gasteiger partial charge in [-0.05, 0) is 98.9 Å². The number of anilines is 1. The number of amides is 1. The van der Waals surface area contributed by atoms with Gasteiger partial charge in [-0.15, -0.1) is 13.2 Å². The van der Waals surface area contributed by atoms with Gasteiger partial charge in [0.15, 0.2) is 5.75 Å². The van der Waals surface area contributed by atoms with Crippen molar-refractivity contribution >= 4 is 60.8 Å². The van der Waals surface area contributed by atoms with Crippen molar-refractivity contribution in [3.63, 3.8) is 0 Å². The molecule has 0 radical (unpaired) electrons. The average molecular weight is 597 g/mol. The lowest BCUT2D eigenvalue weighted by Gasteiger charge is -2.29. The summed E-state index contributed by atoms with van der Waals surface area (Å²) in [5.41, 5.74) is 13.1. The van der Waals surface area contributed by atoms with Gasteiger partial charge in [0.05, 0.1) is 15.9 Å². The number of halogens is 2. The largest absolute Gasteiger partial charge is 0.505 e. The van der Waals surface area contributed by atoms with Gasteiger partial charge in [-0.2, -0.15) is 11.8 Å². The maximum Gasteiger partial charge on any atom is 0.219 e. The predicted octanol–water partition coefficient (Wildman–Crippen LogP) is 6.22. The van der Waals surface area contributed by atoms with Crippen LogP contribution in [-0.4, -0.2) is 46.5 Å². The third-order valence-corrected chi connectivity index (χ3v) is 6.91. The van der Waals surface area contributed by atoms with E-state index in [0.29, 0.717) is 23.2 Å². The van der Waals surface area contributed by atoms with E-state index in [1.54, 1.807) is 18.7 Å². The van der Waals surface area contributed by atoms with Crippen LogP contribution in [0.1, 0.15) is 42.1 Å². The van der Waals surface area contributed by atoms with Crippen LogP contribution in [-0.2, 0) is 17.6 Å². The smallest absolute Gasteiger partial charge is 0.219 e. The zero-order valence-electron chi connectivity index (χ0n) is 19.4. The van der Waals surface area contributed by atoms with Crippen molar-refractivity contribution in [2.75, 3.05) is 31.3 Å². The highest BCUT2D eigenvalue weighted by atomic mass is 79.9. The fourth-order valence-corrected chi connectivity index (χ4v) is 5.17. The molecular formula is C25H31Br2N3O2S. The number of piperidine rings is 1. The van der Waals surface area contributed by atoms with Gasteiger partial charge in [0, 0.05) is 36.3 Å². The Morgan fingerprint density at radius 2 is 1.76 bits per heavy atom. The first-order chi connectivity index (χ1) is 15.8. The van der Waals surface area contributed by atoms with Crippen molar-refractivity contribution in [2.45, 2.75) is 32.6 Å². The molecular weight excluding hydrogens is 566 g/mol. The van der Waals surface area contributed by atoms with Crippen LogP contribution in [0, 0.1) is 0 Å². The van der Waals surface area contributed by atoms with Gasteiger partial charge in [-0.3, -0.25) is 9.78 Å². The first kappa shape index (κ1) is 27.5. The Hall–Kier alpha value is -1.77. The molecule has 178 valence electrons. The van der Waals surface area contributed by atoms with E-state index in [2.05, 4.69) is 51.1 Å². The number of likely N-dealkylation sites (tertiary alicyclic amines) is 1. The molecule has 1 aromatic heterocycles. The summed E-state index contributed by atoms with van der Waals surface area (Å²) in [6.45, 7) is 9.04. The number of nitrogens with zero attached hydrogens (tertiary/aromatic N) is 2. The van der Waals surface area contributed by atoms with Crippen molar-refractivity contribution in [2.24, 2.45) is 0 Å². The average Bonchev–Trinajstić information content (AvgIpc) is 2.96. The number of phenols is 1. The number of hydrogen-bond donors (Lipinski definition) is 2. The molecule has 0 bridgehead atoms. The molecule has 3 N–H and O–H groups in total. The third kappa shape index (κ3) is 6.22. The first-order valence-electron chi connectivity index (χ1n) is 10.6. The highest BCUT2D eigenvalue weighted by Crippen LogP contribution is 2.45. The van der Waals surface area contributed by atoms with Crippen molar-refractivity contribution in [3.8, 4) is 5.75 Å². The number of carbonyl (C=O) groups excluding carboxylic acids is 1. The molecule has 33 heavy (non-hydrogen) atoms. The third-order valence-electron chi connectivity index (χ3n) is 5.62. The normalized spacial score (nSPS) is 14.6. The maximum absolute atomic E-state index is 11.7. The highest BCUT2D eigenvalue weighted by molar-refractivity contribution is 9.10. The SMILES string of the molecule is C=C.CC(=O)N1CCC(=C2c3cc(N)c(O)c(Br)c3CCc3cc(Br)cnc32)CC1.CSC. The van der Waals surface area contributed by atoms with Crippen LogP contribution in [0.3, 0.4) is 0 Å². The van der Waals surface area contributed by atoms with Gasteiger partial charge in [-0.25, -0.2) is 0 Å². The molecule has 1 saturated heterocycles. The molecule has 2 aromatic rings. The summed E-state index contributed by atoms with van der Waals surface area (Å²) in [5.74, 6) is 0.208. The number of nitrogen functional groups attached to an aromatic ring is 1. The molecule has 2 aliphatic rings. The number of fused-ring (bicyclic) bond motifs is 2. The van der Waals surface area contributed by atoms with Crippen LogP contribution in [0.2, 0.25) is 0 Å². The Morgan fingerprint density at radius 1 is 1.15 bits per heavy atom. The molecule has 8 heteroatoms. The number of carbonyl (C=O) groups is 1. The second-order valence-electron chi connectivity index (χ2n) is 7.71. The summed E-state index contributed by atoms with van der Waals surface area (Å²) >= 11 is 8.84. The van der Waals surface area contributed by atoms with Gasteiger partial charge >= 0.3 is 0 Å². The maximum atomic E-state index is 11.7. The number of aryl methyl sites for hydroxylation is 1. The number of aromatic hydroxyl groups is 1. The zero-order chi connectivity index (χ0) is 24.7. The fraction of sp³-hybridized carbons (Fsp3) is 0.360. The molecule has 0 atom stereocenters. The minimum absolute atomic E-state index is 0.0922. The predicted molar refractivity (Wildman–Crippen MR) is 148 cm³/mol. The Morgan fingerprint density at radius 3 is 2.33 bits per heavy atom. The Labute approximate surface area is 217 Å². The molecule has 1 aliphatic heterocycles. The molecule has 0 spiro atoms. The topological polar surface area (TPSA) is 79.5 Å². The lowest BCUT2D eigenvalue weighted by atomic mass is 9.88. The molecule has 1 fully saturated rings. The minimum atomic E-state index is 0.0922.